The van der Waals surface area contributed by atoms with Crippen LogP contribution in [0, 0.1) is 0 Å². The van der Waals surface area contributed by atoms with Gasteiger partial charge in [-0.1, -0.05) is 18.6 Å². The van der Waals surface area contributed by atoms with Gasteiger partial charge in [-0.25, -0.2) is 0 Å². The molecule has 0 atom stereocenters. The second kappa shape index (κ2) is 5.83. The molecule has 0 heterocycles. The van der Waals surface area contributed by atoms with Crippen LogP contribution >= 0.6 is 0 Å². The Morgan fingerprint density at radius 3 is 2.67 bits per heavy atom. The fourth-order valence-corrected chi connectivity index (χ4v) is 0.773. The topological polar surface area (TPSA) is 12.0 Å². The number of rotatable bonds is 4. The van der Waals surface area contributed by atoms with E-state index >= 15 is 0 Å². The molecule has 0 rings (SSSR count). The van der Waals surface area contributed by atoms with Crippen LogP contribution in [0.4, 0.5) is 0 Å². The summed E-state index contributed by atoms with van der Waals surface area (Å²) in [6.45, 7) is 5.45. The van der Waals surface area contributed by atoms with Crippen LogP contribution in [0.3, 0.4) is 0 Å². The molecule has 0 aromatic carbocycles. The fourth-order valence-electron chi connectivity index (χ4n) is 0.773. The molecular formula is C8H17N. The maximum atomic E-state index is 3.12. The summed E-state index contributed by atoms with van der Waals surface area (Å²) >= 11 is 0. The highest BCUT2D eigenvalue weighted by Crippen LogP contribution is 1.98. The highest BCUT2D eigenvalue weighted by atomic mass is 14.8. The molecule has 0 bridgehead atoms. The van der Waals surface area contributed by atoms with Gasteiger partial charge in [-0.3, -0.25) is 0 Å². The second-order valence-corrected chi connectivity index (χ2v) is 2.31. The Morgan fingerprint density at radius 1 is 1.56 bits per heavy atom. The lowest BCUT2D eigenvalue weighted by molar-refractivity contribution is 0.782. The molecule has 54 valence electrons. The van der Waals surface area contributed by atoms with Gasteiger partial charge in [0.25, 0.3) is 0 Å². The third-order valence-electron chi connectivity index (χ3n) is 1.32. The van der Waals surface area contributed by atoms with Crippen molar-refractivity contribution in [2.24, 2.45) is 0 Å². The summed E-state index contributed by atoms with van der Waals surface area (Å²) in [4.78, 5) is 0. The molecule has 1 heteroatoms. The van der Waals surface area contributed by atoms with Gasteiger partial charge in [0.05, 0.1) is 0 Å². The molecule has 1 nitrogen and oxygen atoms in total. The van der Waals surface area contributed by atoms with Crippen LogP contribution in [-0.4, -0.2) is 13.6 Å². The van der Waals surface area contributed by atoms with E-state index in [9.17, 15) is 0 Å². The highest BCUT2D eigenvalue weighted by Gasteiger charge is 1.84. The maximum Gasteiger partial charge on any atom is -0.00147 e. The van der Waals surface area contributed by atoms with Crippen molar-refractivity contribution in [3.63, 3.8) is 0 Å². The first-order chi connectivity index (χ1) is 4.31. The SMILES string of the molecule is CC/C=C(/C)CCNC. The normalized spacial score (nSPS) is 12.1. The molecular weight excluding hydrogens is 110 g/mol. The van der Waals surface area contributed by atoms with Crippen molar-refractivity contribution in [1.29, 1.82) is 0 Å². The summed E-state index contributed by atoms with van der Waals surface area (Å²) in [5.41, 5.74) is 1.49. The van der Waals surface area contributed by atoms with Crippen molar-refractivity contribution < 1.29 is 0 Å². The monoisotopic (exact) mass is 127 g/mol. The minimum absolute atomic E-state index is 1.10. The lowest BCUT2D eigenvalue weighted by Gasteiger charge is -1.97. The van der Waals surface area contributed by atoms with Crippen LogP contribution in [0.2, 0.25) is 0 Å². The van der Waals surface area contributed by atoms with Gasteiger partial charge in [-0.05, 0) is 33.4 Å². The molecule has 0 amide bonds. The predicted molar refractivity (Wildman–Crippen MR) is 42.6 cm³/mol. The number of allylic oxidation sites excluding steroid dienone is 1. The summed E-state index contributed by atoms with van der Waals surface area (Å²) in [6, 6.07) is 0. The Labute approximate surface area is 58.2 Å². The van der Waals surface area contributed by atoms with Crippen molar-refractivity contribution in [2.75, 3.05) is 13.6 Å². The number of nitrogens with one attached hydrogen (secondary N) is 1. The molecule has 0 saturated carbocycles. The maximum absolute atomic E-state index is 3.12. The summed E-state index contributed by atoms with van der Waals surface area (Å²) in [6.07, 6.45) is 4.62. The average molecular weight is 127 g/mol. The molecule has 1 N–H and O–H groups in total. The van der Waals surface area contributed by atoms with Crippen LogP contribution in [-0.2, 0) is 0 Å². The van der Waals surface area contributed by atoms with E-state index in [1.54, 1.807) is 0 Å². The smallest absolute Gasteiger partial charge is 0.00147 e. The van der Waals surface area contributed by atoms with E-state index in [1.165, 1.54) is 12.0 Å². The molecule has 0 saturated heterocycles. The van der Waals surface area contributed by atoms with Crippen molar-refractivity contribution >= 4 is 0 Å². The number of hydrogen-bond donors (Lipinski definition) is 1. The van der Waals surface area contributed by atoms with Crippen molar-refractivity contribution in [2.45, 2.75) is 26.7 Å². The zero-order valence-corrected chi connectivity index (χ0v) is 6.70. The summed E-state index contributed by atoms with van der Waals surface area (Å²) in [7, 11) is 1.99. The highest BCUT2D eigenvalue weighted by molar-refractivity contribution is 4.97. The molecule has 0 fully saturated rings. The minimum Gasteiger partial charge on any atom is -0.319 e. The van der Waals surface area contributed by atoms with Crippen molar-refractivity contribution in [3.05, 3.63) is 11.6 Å². The summed E-state index contributed by atoms with van der Waals surface area (Å²) in [5, 5.41) is 3.12. The van der Waals surface area contributed by atoms with Crippen LogP contribution in [0.15, 0.2) is 11.6 Å². The Kier molecular flexibility index (Phi) is 5.64. The van der Waals surface area contributed by atoms with Gasteiger partial charge in [0, 0.05) is 0 Å². The Hall–Kier alpha value is -0.300. The third-order valence-corrected chi connectivity index (χ3v) is 1.32. The van der Waals surface area contributed by atoms with Gasteiger partial charge < -0.3 is 5.32 Å². The van der Waals surface area contributed by atoms with E-state index < -0.39 is 0 Å². The Morgan fingerprint density at radius 2 is 2.22 bits per heavy atom. The van der Waals surface area contributed by atoms with Crippen LogP contribution in [0.1, 0.15) is 26.7 Å². The quantitative estimate of drug-likeness (QED) is 0.569. The predicted octanol–water partition coefficient (Wildman–Crippen LogP) is 1.95. The van der Waals surface area contributed by atoms with Crippen molar-refractivity contribution in [3.8, 4) is 0 Å². The fraction of sp³-hybridized carbons (Fsp3) is 0.750. The average Bonchev–Trinajstić information content (AvgIpc) is 1.85. The first kappa shape index (κ1) is 8.70. The lowest BCUT2D eigenvalue weighted by atomic mass is 10.2. The molecule has 0 aliphatic carbocycles. The van der Waals surface area contributed by atoms with E-state index in [4.69, 9.17) is 0 Å². The van der Waals surface area contributed by atoms with E-state index in [0.29, 0.717) is 0 Å². The molecule has 0 aromatic rings. The van der Waals surface area contributed by atoms with Crippen molar-refractivity contribution in [1.82, 2.24) is 5.32 Å². The minimum atomic E-state index is 1.10. The van der Waals surface area contributed by atoms with E-state index in [1.807, 2.05) is 7.05 Å². The van der Waals surface area contributed by atoms with Gasteiger partial charge >= 0.3 is 0 Å². The van der Waals surface area contributed by atoms with Gasteiger partial charge in [-0.2, -0.15) is 0 Å². The molecule has 0 aromatic heterocycles. The zero-order chi connectivity index (χ0) is 7.11. The Balaban J connectivity index is 3.25. The zero-order valence-electron chi connectivity index (χ0n) is 6.70. The van der Waals surface area contributed by atoms with Crippen LogP contribution in [0.25, 0.3) is 0 Å². The van der Waals surface area contributed by atoms with Gasteiger partial charge in [0.1, 0.15) is 0 Å². The van der Waals surface area contributed by atoms with Gasteiger partial charge in [0.2, 0.25) is 0 Å². The molecule has 0 aliphatic rings. The third kappa shape index (κ3) is 5.57. The first-order valence-corrected chi connectivity index (χ1v) is 3.61. The largest absolute Gasteiger partial charge is 0.319 e. The van der Waals surface area contributed by atoms with Crippen LogP contribution in [0.5, 0.6) is 0 Å². The van der Waals surface area contributed by atoms with E-state index in [-0.39, 0.29) is 0 Å². The molecule has 9 heavy (non-hydrogen) atoms. The summed E-state index contributed by atoms with van der Waals surface area (Å²) in [5.74, 6) is 0. The van der Waals surface area contributed by atoms with Gasteiger partial charge in [-0.15, -0.1) is 0 Å². The second-order valence-electron chi connectivity index (χ2n) is 2.31. The standard InChI is InChI=1S/C8H17N/c1-4-5-8(2)6-7-9-3/h5,9H,4,6-7H2,1-3H3/b8-5-. The number of hydrogen-bond acceptors (Lipinski definition) is 1. The molecule has 0 unspecified atom stereocenters. The first-order valence-electron chi connectivity index (χ1n) is 3.61. The lowest BCUT2D eigenvalue weighted by Crippen LogP contribution is -2.07. The van der Waals surface area contributed by atoms with Gasteiger partial charge in [0.15, 0.2) is 0 Å². The van der Waals surface area contributed by atoms with E-state index in [2.05, 4.69) is 25.2 Å². The molecule has 0 aliphatic heterocycles. The Bertz CT molecular complexity index is 84.6. The summed E-state index contributed by atoms with van der Waals surface area (Å²) < 4.78 is 0. The van der Waals surface area contributed by atoms with Crippen LogP contribution < -0.4 is 5.32 Å². The van der Waals surface area contributed by atoms with E-state index in [0.717, 1.165) is 13.0 Å². The molecule has 0 spiro atoms. The molecule has 0 radical (unpaired) electrons.